The number of aliphatic imine (C=N–C) groups is 1. The summed E-state index contributed by atoms with van der Waals surface area (Å²) in [4.78, 5) is 29.1. The summed E-state index contributed by atoms with van der Waals surface area (Å²) in [5.74, 6) is -4.28. The molecule has 8 nitrogen and oxygen atoms in total. The number of amides is 1. The number of cyclic esters (lactones) is 1. The SMILES string of the molecule is C/C(O)=C/C(N)=NCC1CN(c2cc(F)c(N3C=CC(=O)CC3)c(F)c2F)C(=O)O1.[HH]. The number of anilines is 2. The number of halogens is 3. The number of ketones is 1. The van der Waals surface area contributed by atoms with Crippen LogP contribution >= 0.6 is 0 Å². The fourth-order valence-electron chi connectivity index (χ4n) is 3.06. The number of hydrogen-bond acceptors (Lipinski definition) is 6. The topological polar surface area (TPSA) is 108 Å². The van der Waals surface area contributed by atoms with E-state index in [1.165, 1.54) is 19.2 Å². The zero-order valence-corrected chi connectivity index (χ0v) is 15.9. The van der Waals surface area contributed by atoms with Crippen LogP contribution in [-0.2, 0) is 9.53 Å². The fourth-order valence-corrected chi connectivity index (χ4v) is 3.06. The molecule has 1 saturated heterocycles. The molecule has 1 fully saturated rings. The Labute approximate surface area is 171 Å². The number of ether oxygens (including phenoxy) is 1. The van der Waals surface area contributed by atoms with Crippen molar-refractivity contribution in [3.05, 3.63) is 47.6 Å². The van der Waals surface area contributed by atoms with Crippen LogP contribution in [0.25, 0.3) is 0 Å². The molecule has 2 aliphatic heterocycles. The van der Waals surface area contributed by atoms with Crippen molar-refractivity contribution < 1.29 is 34.0 Å². The minimum atomic E-state index is -1.48. The Kier molecular flexibility index (Phi) is 5.99. The number of aliphatic hydroxyl groups excluding tert-OH is 1. The Balaban J connectivity index is 0.00000341. The standard InChI is InChI=1S/C19H19F3N4O4.H2/c1-10(27)6-15(23)24-8-12-9-26(19(29)30-12)14-7-13(20)18(17(22)16(14)21)25-4-2-11(28)3-5-25;/h2,4,6-7,12,27H,3,5,8-9H2,1H3,(H2,23,24);1H/b10-6-;. The molecule has 0 radical (unpaired) electrons. The van der Waals surface area contributed by atoms with Crippen LogP contribution in [0.3, 0.4) is 0 Å². The Hall–Kier alpha value is -3.50. The molecule has 2 aliphatic rings. The molecular formula is C19H21F3N4O4. The van der Waals surface area contributed by atoms with Crippen molar-refractivity contribution in [1.29, 1.82) is 0 Å². The molecule has 3 rings (SSSR count). The van der Waals surface area contributed by atoms with Gasteiger partial charge in [0.1, 0.15) is 17.6 Å². The monoisotopic (exact) mass is 426 g/mol. The number of allylic oxidation sites excluding steroid dienone is 2. The number of rotatable bonds is 5. The molecule has 0 spiro atoms. The van der Waals surface area contributed by atoms with E-state index in [-0.39, 0.29) is 44.9 Å². The van der Waals surface area contributed by atoms with Gasteiger partial charge >= 0.3 is 6.09 Å². The van der Waals surface area contributed by atoms with E-state index in [0.717, 1.165) is 15.9 Å². The molecular weight excluding hydrogens is 405 g/mol. The second-order valence-corrected chi connectivity index (χ2v) is 6.75. The minimum absolute atomic E-state index is 0. The molecule has 1 amide bonds. The first kappa shape index (κ1) is 21.2. The predicted molar refractivity (Wildman–Crippen MR) is 105 cm³/mol. The first-order chi connectivity index (χ1) is 14.2. The highest BCUT2D eigenvalue weighted by molar-refractivity contribution is 5.93. The number of hydrogen-bond donors (Lipinski definition) is 2. The highest BCUT2D eigenvalue weighted by Gasteiger charge is 2.36. The van der Waals surface area contributed by atoms with E-state index < -0.39 is 41.0 Å². The second kappa shape index (κ2) is 8.47. The van der Waals surface area contributed by atoms with Crippen molar-refractivity contribution in [3.63, 3.8) is 0 Å². The normalized spacial score (nSPS) is 20.2. The first-order valence-electron chi connectivity index (χ1n) is 8.98. The van der Waals surface area contributed by atoms with Gasteiger partial charge in [0.05, 0.1) is 24.5 Å². The number of carbonyl (C=O) groups excluding carboxylic acids is 2. The summed E-state index contributed by atoms with van der Waals surface area (Å²) in [6, 6.07) is 0.705. The molecule has 1 aromatic rings. The smallest absolute Gasteiger partial charge is 0.414 e. The van der Waals surface area contributed by atoms with Gasteiger partial charge in [-0.25, -0.2) is 18.0 Å². The summed E-state index contributed by atoms with van der Waals surface area (Å²) in [7, 11) is 0. The third-order valence-electron chi connectivity index (χ3n) is 4.44. The summed E-state index contributed by atoms with van der Waals surface area (Å²) in [6.45, 7) is 1.10. The minimum Gasteiger partial charge on any atom is -0.512 e. The highest BCUT2D eigenvalue weighted by atomic mass is 19.2. The lowest BCUT2D eigenvalue weighted by Crippen LogP contribution is -2.29. The number of nitrogens with zero attached hydrogens (tertiary/aromatic N) is 3. The molecule has 1 aromatic carbocycles. The lowest BCUT2D eigenvalue weighted by Gasteiger charge is -2.25. The lowest BCUT2D eigenvalue weighted by atomic mass is 10.1. The molecule has 11 heteroatoms. The zero-order valence-electron chi connectivity index (χ0n) is 15.9. The average Bonchev–Trinajstić information content (AvgIpc) is 3.04. The second-order valence-electron chi connectivity index (χ2n) is 6.75. The van der Waals surface area contributed by atoms with E-state index in [1.54, 1.807) is 0 Å². The van der Waals surface area contributed by atoms with Crippen molar-refractivity contribution in [2.45, 2.75) is 19.4 Å². The van der Waals surface area contributed by atoms with Crippen molar-refractivity contribution >= 4 is 29.1 Å². The largest absolute Gasteiger partial charge is 0.512 e. The molecule has 30 heavy (non-hydrogen) atoms. The van der Waals surface area contributed by atoms with Gasteiger partial charge in [-0.05, 0) is 13.0 Å². The van der Waals surface area contributed by atoms with E-state index in [2.05, 4.69) is 4.99 Å². The first-order valence-corrected chi connectivity index (χ1v) is 8.98. The molecule has 3 N–H and O–H groups in total. The molecule has 0 aliphatic carbocycles. The quantitative estimate of drug-likeness (QED) is 0.324. The van der Waals surface area contributed by atoms with Crippen molar-refractivity contribution in [2.24, 2.45) is 10.7 Å². The Morgan fingerprint density at radius 1 is 1.40 bits per heavy atom. The van der Waals surface area contributed by atoms with Crippen LogP contribution in [0.15, 0.2) is 35.2 Å². The van der Waals surface area contributed by atoms with Gasteiger partial charge in [0.15, 0.2) is 23.2 Å². The van der Waals surface area contributed by atoms with Crippen LogP contribution in [0.1, 0.15) is 14.8 Å². The number of carbonyl (C=O) groups is 2. The predicted octanol–water partition coefficient (Wildman–Crippen LogP) is 2.79. The van der Waals surface area contributed by atoms with Crippen LogP contribution in [0.4, 0.5) is 29.3 Å². The summed E-state index contributed by atoms with van der Waals surface area (Å²) >= 11 is 0. The molecule has 162 valence electrons. The third kappa shape index (κ3) is 4.39. The van der Waals surface area contributed by atoms with Gasteiger partial charge in [0, 0.05) is 32.7 Å². The summed E-state index contributed by atoms with van der Waals surface area (Å²) < 4.78 is 49.0. The van der Waals surface area contributed by atoms with E-state index >= 15 is 0 Å². The van der Waals surface area contributed by atoms with Gasteiger partial charge in [0.25, 0.3) is 0 Å². The van der Waals surface area contributed by atoms with E-state index in [1.807, 2.05) is 0 Å². The maximum Gasteiger partial charge on any atom is 0.414 e. The van der Waals surface area contributed by atoms with E-state index in [9.17, 15) is 22.8 Å². The van der Waals surface area contributed by atoms with Gasteiger partial charge in [-0.1, -0.05) is 0 Å². The number of nitrogens with two attached hydrogens (primary N) is 1. The van der Waals surface area contributed by atoms with Crippen LogP contribution in [0.5, 0.6) is 0 Å². The van der Waals surface area contributed by atoms with Crippen molar-refractivity contribution in [3.8, 4) is 0 Å². The van der Waals surface area contributed by atoms with Crippen molar-refractivity contribution in [2.75, 3.05) is 29.4 Å². The number of aliphatic hydroxyl groups is 1. The van der Waals surface area contributed by atoms with Gasteiger partial charge < -0.3 is 20.5 Å². The maximum absolute atomic E-state index is 14.7. The molecule has 1 atom stereocenters. The van der Waals surface area contributed by atoms with E-state index in [0.29, 0.717) is 6.07 Å². The fraction of sp³-hybridized carbons (Fsp3) is 0.316. The molecule has 2 heterocycles. The molecule has 0 aromatic heterocycles. The Morgan fingerprint density at radius 2 is 2.13 bits per heavy atom. The number of amidine groups is 1. The van der Waals surface area contributed by atoms with Crippen LogP contribution in [0, 0.1) is 17.5 Å². The summed E-state index contributed by atoms with van der Waals surface area (Å²) in [6.07, 6.45) is 1.74. The zero-order chi connectivity index (χ0) is 22.0. The summed E-state index contributed by atoms with van der Waals surface area (Å²) in [5, 5.41) is 9.13. The van der Waals surface area contributed by atoms with E-state index in [4.69, 9.17) is 15.6 Å². The average molecular weight is 426 g/mol. The van der Waals surface area contributed by atoms with Crippen LogP contribution in [-0.4, -0.2) is 48.6 Å². The maximum atomic E-state index is 14.7. The Morgan fingerprint density at radius 3 is 2.77 bits per heavy atom. The van der Waals surface area contributed by atoms with Gasteiger partial charge in [-0.2, -0.15) is 0 Å². The van der Waals surface area contributed by atoms with Crippen LogP contribution < -0.4 is 15.5 Å². The Bertz CT molecular complexity index is 979. The molecule has 1 unspecified atom stereocenters. The highest BCUT2D eigenvalue weighted by Crippen LogP contribution is 2.35. The van der Waals surface area contributed by atoms with Gasteiger partial charge in [0.2, 0.25) is 0 Å². The molecule has 0 bridgehead atoms. The number of benzene rings is 1. The van der Waals surface area contributed by atoms with Crippen molar-refractivity contribution in [1.82, 2.24) is 0 Å². The van der Waals surface area contributed by atoms with Gasteiger partial charge in [-0.3, -0.25) is 14.7 Å². The third-order valence-corrected chi connectivity index (χ3v) is 4.44. The summed E-state index contributed by atoms with van der Waals surface area (Å²) in [5.41, 5.74) is 4.31. The van der Waals surface area contributed by atoms with Crippen LogP contribution in [0.2, 0.25) is 0 Å². The van der Waals surface area contributed by atoms with Gasteiger partial charge in [-0.15, -0.1) is 0 Å². The lowest BCUT2D eigenvalue weighted by molar-refractivity contribution is -0.114. The molecule has 0 saturated carbocycles.